The molecule has 2 heteroatoms. The largest absolute Gasteiger partial charge is 0.381 e. The maximum Gasteiger partial charge on any atom is 0.0639 e. The van der Waals surface area contributed by atoms with Crippen LogP contribution in [0.1, 0.15) is 37.2 Å². The summed E-state index contributed by atoms with van der Waals surface area (Å²) in [7, 11) is 1.84. The van der Waals surface area contributed by atoms with Gasteiger partial charge in [0.2, 0.25) is 0 Å². The van der Waals surface area contributed by atoms with Crippen LogP contribution in [0.4, 0.5) is 0 Å². The second-order valence-corrected chi connectivity index (χ2v) is 5.13. The Labute approximate surface area is 100.0 Å². The molecule has 82 valence electrons. The third-order valence-corrected chi connectivity index (χ3v) is 3.83. The Morgan fingerprint density at radius 2 is 1.80 bits per heavy atom. The zero-order chi connectivity index (χ0) is 10.7. The zero-order valence-electron chi connectivity index (χ0n) is 9.08. The molecule has 0 amide bonds. The van der Waals surface area contributed by atoms with Crippen LogP contribution in [0.25, 0.3) is 0 Å². The molecule has 15 heavy (non-hydrogen) atoms. The van der Waals surface area contributed by atoms with Crippen molar-refractivity contribution in [3.05, 3.63) is 34.3 Å². The van der Waals surface area contributed by atoms with Crippen LogP contribution in [0, 0.1) is 0 Å². The van der Waals surface area contributed by atoms with Gasteiger partial charge in [-0.1, -0.05) is 40.9 Å². The van der Waals surface area contributed by atoms with E-state index in [9.17, 15) is 0 Å². The molecule has 1 aliphatic carbocycles. The van der Waals surface area contributed by atoms with Crippen LogP contribution in [-0.2, 0) is 4.74 Å². The fourth-order valence-electron chi connectivity index (χ4n) is 2.47. The van der Waals surface area contributed by atoms with Gasteiger partial charge in [-0.05, 0) is 30.5 Å². The molecule has 0 bridgehead atoms. The maximum absolute atomic E-state index is 5.58. The van der Waals surface area contributed by atoms with E-state index in [0.29, 0.717) is 12.0 Å². The van der Waals surface area contributed by atoms with Gasteiger partial charge in [-0.25, -0.2) is 0 Å². The molecule has 2 atom stereocenters. The van der Waals surface area contributed by atoms with Gasteiger partial charge in [0.05, 0.1) is 6.10 Å². The van der Waals surface area contributed by atoms with Gasteiger partial charge in [0.1, 0.15) is 0 Å². The van der Waals surface area contributed by atoms with Crippen molar-refractivity contribution in [3.8, 4) is 0 Å². The molecular formula is C13H17BrO. The standard InChI is InChI=1S/C13H17BrO/c1-15-13-5-3-2-4-12(13)10-6-8-11(14)9-7-10/h6-9,12-13H,2-5H2,1H3. The van der Waals surface area contributed by atoms with Crippen molar-refractivity contribution in [2.24, 2.45) is 0 Å². The van der Waals surface area contributed by atoms with Crippen LogP contribution >= 0.6 is 15.9 Å². The van der Waals surface area contributed by atoms with Gasteiger partial charge in [0.15, 0.2) is 0 Å². The fraction of sp³-hybridized carbons (Fsp3) is 0.538. The van der Waals surface area contributed by atoms with E-state index in [-0.39, 0.29) is 0 Å². The Morgan fingerprint density at radius 3 is 2.47 bits per heavy atom. The highest BCUT2D eigenvalue weighted by Gasteiger charge is 2.25. The number of hydrogen-bond acceptors (Lipinski definition) is 1. The lowest BCUT2D eigenvalue weighted by Gasteiger charge is -2.30. The molecule has 1 saturated carbocycles. The summed E-state index contributed by atoms with van der Waals surface area (Å²) in [6, 6.07) is 8.67. The molecule has 2 rings (SSSR count). The predicted octanol–water partition coefficient (Wildman–Crippen LogP) is 4.12. The lowest BCUT2D eigenvalue weighted by molar-refractivity contribution is 0.0523. The molecule has 2 unspecified atom stereocenters. The first-order valence-corrected chi connectivity index (χ1v) is 6.39. The Bertz CT molecular complexity index is 307. The van der Waals surface area contributed by atoms with Crippen molar-refractivity contribution in [2.75, 3.05) is 7.11 Å². The summed E-state index contributed by atoms with van der Waals surface area (Å²) in [5.74, 6) is 0.594. The van der Waals surface area contributed by atoms with Gasteiger partial charge in [-0.15, -0.1) is 0 Å². The molecule has 0 N–H and O–H groups in total. The summed E-state index contributed by atoms with van der Waals surface area (Å²) >= 11 is 3.47. The number of rotatable bonds is 2. The Hall–Kier alpha value is -0.340. The van der Waals surface area contributed by atoms with Gasteiger partial charge in [-0.3, -0.25) is 0 Å². The first kappa shape index (κ1) is 11.2. The molecule has 1 aromatic carbocycles. The summed E-state index contributed by atoms with van der Waals surface area (Å²) in [5, 5.41) is 0. The minimum atomic E-state index is 0.417. The predicted molar refractivity (Wildman–Crippen MR) is 66.1 cm³/mol. The summed E-state index contributed by atoms with van der Waals surface area (Å²) in [5.41, 5.74) is 1.42. The van der Waals surface area contributed by atoms with Crippen LogP contribution in [-0.4, -0.2) is 13.2 Å². The normalized spacial score (nSPS) is 26.5. The van der Waals surface area contributed by atoms with Gasteiger partial charge >= 0.3 is 0 Å². The van der Waals surface area contributed by atoms with Crippen molar-refractivity contribution in [1.82, 2.24) is 0 Å². The molecule has 0 radical (unpaired) electrons. The quantitative estimate of drug-likeness (QED) is 0.784. The topological polar surface area (TPSA) is 9.23 Å². The Kier molecular flexibility index (Phi) is 3.81. The monoisotopic (exact) mass is 268 g/mol. The summed E-state index contributed by atoms with van der Waals surface area (Å²) < 4.78 is 6.73. The van der Waals surface area contributed by atoms with Crippen molar-refractivity contribution < 1.29 is 4.74 Å². The maximum atomic E-state index is 5.58. The third kappa shape index (κ3) is 2.61. The molecule has 1 nitrogen and oxygen atoms in total. The molecule has 0 aliphatic heterocycles. The average molecular weight is 269 g/mol. The minimum Gasteiger partial charge on any atom is -0.381 e. The van der Waals surface area contributed by atoms with Crippen LogP contribution in [0.5, 0.6) is 0 Å². The first-order chi connectivity index (χ1) is 7.31. The fourth-order valence-corrected chi connectivity index (χ4v) is 2.73. The van der Waals surface area contributed by atoms with Gasteiger partial charge < -0.3 is 4.74 Å². The first-order valence-electron chi connectivity index (χ1n) is 5.59. The highest BCUT2D eigenvalue weighted by molar-refractivity contribution is 9.10. The van der Waals surface area contributed by atoms with Gasteiger partial charge in [0.25, 0.3) is 0 Å². The van der Waals surface area contributed by atoms with E-state index in [1.54, 1.807) is 0 Å². The summed E-state index contributed by atoms with van der Waals surface area (Å²) in [6.45, 7) is 0. The molecule has 1 aromatic rings. The van der Waals surface area contributed by atoms with Crippen molar-refractivity contribution in [2.45, 2.75) is 37.7 Å². The zero-order valence-corrected chi connectivity index (χ0v) is 10.7. The number of benzene rings is 1. The van der Waals surface area contributed by atoms with E-state index in [2.05, 4.69) is 40.2 Å². The van der Waals surface area contributed by atoms with Crippen LogP contribution in [0.3, 0.4) is 0 Å². The average Bonchev–Trinajstić information content (AvgIpc) is 2.30. The second kappa shape index (κ2) is 5.13. The van der Waals surface area contributed by atoms with Crippen LogP contribution in [0.15, 0.2) is 28.7 Å². The molecule has 1 fully saturated rings. The SMILES string of the molecule is COC1CCCCC1c1ccc(Br)cc1. The van der Waals surface area contributed by atoms with Crippen LogP contribution in [0.2, 0.25) is 0 Å². The van der Waals surface area contributed by atoms with E-state index in [1.807, 2.05) is 7.11 Å². The summed E-state index contributed by atoms with van der Waals surface area (Å²) in [4.78, 5) is 0. The van der Waals surface area contributed by atoms with E-state index < -0.39 is 0 Å². The van der Waals surface area contributed by atoms with Gasteiger partial charge in [0, 0.05) is 17.5 Å². The van der Waals surface area contributed by atoms with Crippen molar-refractivity contribution in [1.29, 1.82) is 0 Å². The lowest BCUT2D eigenvalue weighted by Crippen LogP contribution is -2.24. The van der Waals surface area contributed by atoms with E-state index in [4.69, 9.17) is 4.74 Å². The molecule has 0 heterocycles. The lowest BCUT2D eigenvalue weighted by atomic mass is 9.82. The van der Waals surface area contributed by atoms with E-state index in [0.717, 1.165) is 4.47 Å². The number of halogens is 1. The Morgan fingerprint density at radius 1 is 1.13 bits per heavy atom. The minimum absolute atomic E-state index is 0.417. The highest BCUT2D eigenvalue weighted by atomic mass is 79.9. The third-order valence-electron chi connectivity index (χ3n) is 3.30. The molecule has 0 saturated heterocycles. The van der Waals surface area contributed by atoms with Crippen LogP contribution < -0.4 is 0 Å². The summed E-state index contributed by atoms with van der Waals surface area (Å²) in [6.07, 6.45) is 5.53. The smallest absolute Gasteiger partial charge is 0.0639 e. The second-order valence-electron chi connectivity index (χ2n) is 4.22. The van der Waals surface area contributed by atoms with E-state index in [1.165, 1.54) is 31.2 Å². The van der Waals surface area contributed by atoms with E-state index >= 15 is 0 Å². The van der Waals surface area contributed by atoms with Crippen molar-refractivity contribution >= 4 is 15.9 Å². The molecule has 0 spiro atoms. The number of methoxy groups -OCH3 is 1. The van der Waals surface area contributed by atoms with Crippen molar-refractivity contribution in [3.63, 3.8) is 0 Å². The molecule has 0 aromatic heterocycles. The van der Waals surface area contributed by atoms with Gasteiger partial charge in [-0.2, -0.15) is 0 Å². The highest BCUT2D eigenvalue weighted by Crippen LogP contribution is 2.34. The molecule has 1 aliphatic rings. The number of ether oxygens (including phenoxy) is 1. The number of hydrogen-bond donors (Lipinski definition) is 0. The Balaban J connectivity index is 2.16. The molecular weight excluding hydrogens is 252 g/mol.